The zero-order valence-corrected chi connectivity index (χ0v) is 16.5. The second kappa shape index (κ2) is 18.3. The summed E-state index contributed by atoms with van der Waals surface area (Å²) in [5.74, 6) is 0. The van der Waals surface area contributed by atoms with Crippen LogP contribution in [0.25, 0.3) is 0 Å². The molecule has 1 nitrogen and oxygen atoms in total. The number of hydrogen-bond acceptors (Lipinski definition) is 1. The van der Waals surface area contributed by atoms with Crippen LogP contribution in [0.15, 0.2) is 91.0 Å². The molecule has 0 spiro atoms. The Bertz CT molecular complexity index is 506. The maximum absolute atomic E-state index is 7.57. The van der Waals surface area contributed by atoms with Gasteiger partial charge in [-0.15, -0.1) is 36.4 Å². The molecule has 0 aliphatic heterocycles. The Hall–Kier alpha value is -2.06. The van der Waals surface area contributed by atoms with E-state index in [4.69, 9.17) is 5.11 Å². The minimum atomic E-state index is 0. The van der Waals surface area contributed by atoms with Crippen LogP contribution in [0.3, 0.4) is 0 Å². The van der Waals surface area contributed by atoms with Crippen molar-refractivity contribution in [2.24, 2.45) is 0 Å². The molecule has 0 fully saturated rings. The fourth-order valence-corrected chi connectivity index (χ4v) is 1.43. The van der Waals surface area contributed by atoms with Crippen molar-refractivity contribution in [1.29, 1.82) is 0 Å². The van der Waals surface area contributed by atoms with Crippen molar-refractivity contribution in [3.8, 4) is 0 Å². The molecule has 129 valence electrons. The van der Waals surface area contributed by atoms with Gasteiger partial charge in [0.1, 0.15) is 0 Å². The molecule has 25 heavy (non-hydrogen) atoms. The minimum absolute atomic E-state index is 0. The Morgan fingerprint density at radius 3 is 0.800 bits per heavy atom. The van der Waals surface area contributed by atoms with Crippen LogP contribution in [-0.4, -0.2) is 11.7 Å². The number of aliphatic hydroxyl groups is 1. The van der Waals surface area contributed by atoms with Gasteiger partial charge in [-0.1, -0.05) is 18.2 Å². The minimum Gasteiger partial charge on any atom is -0.397 e. The average molecular weight is 367 g/mol. The summed E-state index contributed by atoms with van der Waals surface area (Å²) in [6.07, 6.45) is 0. The van der Waals surface area contributed by atoms with E-state index < -0.39 is 0 Å². The van der Waals surface area contributed by atoms with E-state index >= 15 is 0 Å². The first-order valence-corrected chi connectivity index (χ1v) is 7.82. The molecular formula is C23H27OTi. The Kier molecular flexibility index (Phi) is 18.4. The fraction of sp³-hybridized carbons (Fsp3) is 0.0870. The van der Waals surface area contributed by atoms with E-state index in [1.54, 1.807) is 6.92 Å². The van der Waals surface area contributed by atoms with Gasteiger partial charge in [0.25, 0.3) is 0 Å². The monoisotopic (exact) mass is 367 g/mol. The molecule has 0 aromatic heterocycles. The third-order valence-corrected chi connectivity index (χ3v) is 2.53. The zero-order chi connectivity index (χ0) is 18.0. The summed E-state index contributed by atoms with van der Waals surface area (Å²) in [5, 5.41) is 7.57. The van der Waals surface area contributed by atoms with Crippen LogP contribution in [0.4, 0.5) is 0 Å². The van der Waals surface area contributed by atoms with Gasteiger partial charge in [0, 0.05) is 6.61 Å². The molecule has 0 heterocycles. The van der Waals surface area contributed by atoms with Crippen molar-refractivity contribution in [2.75, 3.05) is 6.61 Å². The fourth-order valence-electron chi connectivity index (χ4n) is 1.43. The number of rotatable bonds is 0. The molecule has 0 aliphatic carbocycles. The summed E-state index contributed by atoms with van der Waals surface area (Å²) in [6.45, 7) is 13.1. The van der Waals surface area contributed by atoms with E-state index in [2.05, 4.69) is 20.8 Å². The first-order valence-electron chi connectivity index (χ1n) is 7.82. The molecule has 3 aromatic rings. The van der Waals surface area contributed by atoms with Crippen molar-refractivity contribution in [2.45, 2.75) is 6.92 Å². The molecule has 0 saturated heterocycles. The molecule has 0 atom stereocenters. The van der Waals surface area contributed by atoms with Gasteiger partial charge >= 0.3 is 21.7 Å². The van der Waals surface area contributed by atoms with Gasteiger partial charge in [-0.3, -0.25) is 0 Å². The standard InChI is InChI=1S/3C7H7.C2H6O.Ti/c3*1-7-5-3-2-4-6-7;1-2-3;/h3*2-6H,1H2;3H,2H2,1H3;/q3*-1;;+3. The van der Waals surface area contributed by atoms with Crippen molar-refractivity contribution < 1.29 is 26.8 Å². The number of aliphatic hydroxyl groups excluding tert-OH is 1. The summed E-state index contributed by atoms with van der Waals surface area (Å²) in [5.41, 5.74) is 3.22. The summed E-state index contributed by atoms with van der Waals surface area (Å²) < 4.78 is 0. The molecule has 1 N–H and O–H groups in total. The predicted molar refractivity (Wildman–Crippen MR) is 105 cm³/mol. The van der Waals surface area contributed by atoms with Crippen LogP contribution in [-0.2, 0) is 21.7 Å². The third kappa shape index (κ3) is 18.1. The Morgan fingerprint density at radius 2 is 0.720 bits per heavy atom. The normalized spacial score (nSPS) is 7.92. The first kappa shape index (κ1) is 25.2. The van der Waals surface area contributed by atoms with Crippen LogP contribution >= 0.6 is 0 Å². The zero-order valence-electron chi connectivity index (χ0n) is 14.9. The molecule has 2 heteroatoms. The first-order chi connectivity index (χ1) is 11.6. The van der Waals surface area contributed by atoms with Crippen molar-refractivity contribution in [3.05, 3.63) is 128 Å². The SMILES string of the molecule is CCO.[CH2-]c1ccccc1.[CH2-]c1ccccc1.[CH2-]c1ccccc1.[Ti+3]. The molecule has 0 aliphatic rings. The van der Waals surface area contributed by atoms with Gasteiger partial charge in [-0.2, -0.15) is 73.9 Å². The van der Waals surface area contributed by atoms with Crippen LogP contribution in [0.1, 0.15) is 23.6 Å². The van der Waals surface area contributed by atoms with Crippen LogP contribution in [0.2, 0.25) is 0 Å². The second-order valence-electron chi connectivity index (χ2n) is 4.77. The van der Waals surface area contributed by atoms with Crippen molar-refractivity contribution in [3.63, 3.8) is 0 Å². The smallest absolute Gasteiger partial charge is 0.397 e. The number of hydrogen-bond donors (Lipinski definition) is 1. The van der Waals surface area contributed by atoms with E-state index in [1.165, 1.54) is 0 Å². The molecule has 0 unspecified atom stereocenters. The third-order valence-electron chi connectivity index (χ3n) is 2.53. The largest absolute Gasteiger partial charge is 3.00 e. The van der Waals surface area contributed by atoms with E-state index in [1.807, 2.05) is 91.0 Å². The van der Waals surface area contributed by atoms with Gasteiger partial charge in [0.05, 0.1) is 0 Å². The summed E-state index contributed by atoms with van der Waals surface area (Å²) >= 11 is 0. The van der Waals surface area contributed by atoms with Crippen LogP contribution in [0.5, 0.6) is 0 Å². The summed E-state index contributed by atoms with van der Waals surface area (Å²) in [6, 6.07) is 29.6. The van der Waals surface area contributed by atoms with E-state index in [0.717, 1.165) is 16.7 Å². The average Bonchev–Trinajstić information content (AvgIpc) is 2.59. The van der Waals surface area contributed by atoms with Gasteiger partial charge in [-0.25, -0.2) is 0 Å². The molecule has 1 radical (unpaired) electrons. The Balaban J connectivity index is 0. The molecule has 3 rings (SSSR count). The topological polar surface area (TPSA) is 20.2 Å². The molecule has 3 aromatic carbocycles. The van der Waals surface area contributed by atoms with Gasteiger partial charge < -0.3 is 5.11 Å². The predicted octanol–water partition coefficient (Wildman–Crippen LogP) is 5.60. The van der Waals surface area contributed by atoms with E-state index in [0.29, 0.717) is 0 Å². The maximum atomic E-state index is 7.57. The van der Waals surface area contributed by atoms with Crippen molar-refractivity contribution >= 4 is 0 Å². The molecular weight excluding hydrogens is 340 g/mol. The quantitative estimate of drug-likeness (QED) is 0.405. The molecule has 0 saturated carbocycles. The maximum Gasteiger partial charge on any atom is 3.00 e. The van der Waals surface area contributed by atoms with E-state index in [-0.39, 0.29) is 28.3 Å². The van der Waals surface area contributed by atoms with Crippen LogP contribution in [0, 0.1) is 20.8 Å². The summed E-state index contributed by atoms with van der Waals surface area (Å²) in [4.78, 5) is 0. The Labute approximate surface area is 168 Å². The molecule has 0 amide bonds. The van der Waals surface area contributed by atoms with Gasteiger partial charge in [0.15, 0.2) is 0 Å². The van der Waals surface area contributed by atoms with Crippen molar-refractivity contribution in [1.82, 2.24) is 0 Å². The van der Waals surface area contributed by atoms with Gasteiger partial charge in [0.2, 0.25) is 0 Å². The molecule has 0 bridgehead atoms. The summed E-state index contributed by atoms with van der Waals surface area (Å²) in [7, 11) is 0. The second-order valence-corrected chi connectivity index (χ2v) is 4.77. The Morgan fingerprint density at radius 1 is 0.560 bits per heavy atom. The van der Waals surface area contributed by atoms with Crippen LogP contribution < -0.4 is 0 Å². The number of benzene rings is 3. The van der Waals surface area contributed by atoms with E-state index in [9.17, 15) is 0 Å². The van der Waals surface area contributed by atoms with Gasteiger partial charge in [-0.05, 0) is 6.92 Å².